The second kappa shape index (κ2) is 7.14. The molecule has 2 N–H and O–H groups in total. The first-order chi connectivity index (χ1) is 11.8. The second-order valence-electron chi connectivity index (χ2n) is 5.75. The number of rotatable bonds is 2. The van der Waals surface area contributed by atoms with Crippen LogP contribution in [0.4, 0.5) is 37.7 Å². The predicted molar refractivity (Wildman–Crippen MR) is 92.2 cm³/mol. The molecule has 0 fully saturated rings. The summed E-state index contributed by atoms with van der Waals surface area (Å²) in [6.07, 6.45) is -9.83. The molecule has 140 valence electrons. The lowest BCUT2D eigenvalue weighted by Gasteiger charge is -2.16. The highest BCUT2D eigenvalue weighted by Crippen LogP contribution is 2.37. The molecule has 0 aliphatic carbocycles. The van der Waals surface area contributed by atoms with Gasteiger partial charge in [-0.25, -0.2) is 0 Å². The van der Waals surface area contributed by atoms with Crippen LogP contribution in [-0.4, -0.2) is 5.11 Å². The topological polar surface area (TPSA) is 24.1 Å². The lowest BCUT2D eigenvalue weighted by molar-refractivity contribution is -0.143. The Labute approximate surface area is 151 Å². The minimum absolute atomic E-state index is 0.0611. The molecular formula is C17H14F6N2S. The fourth-order valence-corrected chi connectivity index (χ4v) is 2.60. The zero-order valence-corrected chi connectivity index (χ0v) is 14.5. The van der Waals surface area contributed by atoms with Crippen molar-refractivity contribution in [1.29, 1.82) is 0 Å². The number of hydrogen-bond acceptors (Lipinski definition) is 1. The van der Waals surface area contributed by atoms with Crippen molar-refractivity contribution in [2.75, 3.05) is 10.6 Å². The van der Waals surface area contributed by atoms with Crippen molar-refractivity contribution in [2.24, 2.45) is 0 Å². The van der Waals surface area contributed by atoms with Gasteiger partial charge >= 0.3 is 12.4 Å². The first-order valence-electron chi connectivity index (χ1n) is 7.30. The normalized spacial score (nSPS) is 12.0. The zero-order chi connectivity index (χ0) is 19.7. The van der Waals surface area contributed by atoms with E-state index in [2.05, 4.69) is 10.6 Å². The maximum atomic E-state index is 12.9. The number of anilines is 2. The Morgan fingerprint density at radius 1 is 0.692 bits per heavy atom. The van der Waals surface area contributed by atoms with Crippen LogP contribution in [0, 0.1) is 13.8 Å². The van der Waals surface area contributed by atoms with Gasteiger partial charge in [-0.15, -0.1) is 0 Å². The van der Waals surface area contributed by atoms with Gasteiger partial charge in [0.15, 0.2) is 5.11 Å². The lowest BCUT2D eigenvalue weighted by Crippen LogP contribution is -2.20. The van der Waals surface area contributed by atoms with E-state index < -0.39 is 29.2 Å². The SMILES string of the molecule is Cc1cc(C)cc(NC(=S)Nc2cc(C(F)(F)F)cc(C(F)(F)F)c2)c1. The van der Waals surface area contributed by atoms with Crippen molar-refractivity contribution >= 4 is 28.7 Å². The summed E-state index contributed by atoms with van der Waals surface area (Å²) in [5.74, 6) is 0. The Bertz CT molecular complexity index is 774. The van der Waals surface area contributed by atoms with Crippen LogP contribution in [0.1, 0.15) is 22.3 Å². The number of halogens is 6. The maximum Gasteiger partial charge on any atom is 0.416 e. The minimum atomic E-state index is -4.92. The molecule has 0 aliphatic rings. The highest BCUT2D eigenvalue weighted by atomic mass is 32.1. The molecule has 0 aromatic heterocycles. The van der Waals surface area contributed by atoms with Crippen molar-refractivity contribution in [1.82, 2.24) is 0 Å². The molecule has 0 saturated heterocycles. The van der Waals surface area contributed by atoms with Crippen molar-refractivity contribution in [3.8, 4) is 0 Å². The zero-order valence-electron chi connectivity index (χ0n) is 13.6. The summed E-state index contributed by atoms with van der Waals surface area (Å²) < 4.78 is 77.2. The molecule has 0 aliphatic heterocycles. The van der Waals surface area contributed by atoms with Gasteiger partial charge in [0.05, 0.1) is 11.1 Å². The number of hydrogen-bond donors (Lipinski definition) is 2. The summed E-state index contributed by atoms with van der Waals surface area (Å²) in [5, 5.41) is 5.00. The quantitative estimate of drug-likeness (QED) is 0.474. The van der Waals surface area contributed by atoms with Gasteiger partial charge in [0.25, 0.3) is 0 Å². The van der Waals surface area contributed by atoms with Crippen LogP contribution >= 0.6 is 12.2 Å². The van der Waals surface area contributed by atoms with Gasteiger partial charge in [-0.05, 0) is 67.5 Å². The fourth-order valence-electron chi connectivity index (χ4n) is 2.37. The Morgan fingerprint density at radius 2 is 1.08 bits per heavy atom. The van der Waals surface area contributed by atoms with E-state index >= 15 is 0 Å². The van der Waals surface area contributed by atoms with E-state index in [9.17, 15) is 26.3 Å². The molecule has 2 aromatic rings. The van der Waals surface area contributed by atoms with Gasteiger partial charge in [-0.3, -0.25) is 0 Å². The Balaban J connectivity index is 2.28. The minimum Gasteiger partial charge on any atom is -0.332 e. The van der Waals surface area contributed by atoms with Gasteiger partial charge in [0, 0.05) is 11.4 Å². The Kier molecular flexibility index (Phi) is 5.50. The van der Waals surface area contributed by atoms with E-state index in [-0.39, 0.29) is 11.2 Å². The molecule has 0 heterocycles. The van der Waals surface area contributed by atoms with Crippen molar-refractivity contribution < 1.29 is 26.3 Å². The van der Waals surface area contributed by atoms with Crippen LogP contribution in [0.15, 0.2) is 36.4 Å². The molecule has 0 radical (unpaired) electrons. The van der Waals surface area contributed by atoms with Crippen molar-refractivity contribution in [2.45, 2.75) is 26.2 Å². The molecule has 0 amide bonds. The van der Waals surface area contributed by atoms with Crippen LogP contribution in [0.25, 0.3) is 0 Å². The summed E-state index contributed by atoms with van der Waals surface area (Å²) in [7, 11) is 0. The maximum absolute atomic E-state index is 12.9. The summed E-state index contributed by atoms with van der Waals surface area (Å²) in [6.45, 7) is 3.69. The first kappa shape index (κ1) is 20.0. The van der Waals surface area contributed by atoms with Crippen LogP contribution < -0.4 is 10.6 Å². The smallest absolute Gasteiger partial charge is 0.332 e. The van der Waals surface area contributed by atoms with E-state index in [1.807, 2.05) is 19.9 Å². The van der Waals surface area contributed by atoms with E-state index in [4.69, 9.17) is 12.2 Å². The van der Waals surface area contributed by atoms with Gasteiger partial charge < -0.3 is 10.6 Å². The monoisotopic (exact) mass is 392 g/mol. The van der Waals surface area contributed by atoms with Crippen molar-refractivity contribution in [3.63, 3.8) is 0 Å². The van der Waals surface area contributed by atoms with E-state index in [0.29, 0.717) is 17.8 Å². The molecule has 9 heteroatoms. The first-order valence-corrected chi connectivity index (χ1v) is 7.71. The number of aryl methyl sites for hydroxylation is 2. The molecule has 0 bridgehead atoms. The largest absolute Gasteiger partial charge is 0.416 e. The van der Waals surface area contributed by atoms with Gasteiger partial charge in [0.2, 0.25) is 0 Å². The van der Waals surface area contributed by atoms with Crippen molar-refractivity contribution in [3.05, 3.63) is 58.7 Å². The summed E-state index contributed by atoms with van der Waals surface area (Å²) in [5.41, 5.74) is -0.812. The van der Waals surface area contributed by atoms with Crippen LogP contribution in [0.2, 0.25) is 0 Å². The molecule has 2 rings (SSSR count). The standard InChI is InChI=1S/C17H14F6N2S/c1-9-3-10(2)5-13(4-9)24-15(26)25-14-7-11(16(18,19)20)6-12(8-14)17(21,22)23/h3-8H,1-2H3,(H2,24,25,26). The highest BCUT2D eigenvalue weighted by molar-refractivity contribution is 7.80. The Morgan fingerprint density at radius 3 is 1.46 bits per heavy atom. The molecule has 0 unspecified atom stereocenters. The predicted octanol–water partition coefficient (Wildman–Crippen LogP) is 6.15. The van der Waals surface area contributed by atoms with Crippen LogP contribution in [-0.2, 0) is 12.4 Å². The molecular weight excluding hydrogens is 378 g/mol. The number of alkyl halides is 6. The fraction of sp³-hybridized carbons (Fsp3) is 0.235. The average Bonchev–Trinajstić information content (AvgIpc) is 2.43. The number of benzene rings is 2. The van der Waals surface area contributed by atoms with Crippen LogP contribution in [0.5, 0.6) is 0 Å². The molecule has 0 atom stereocenters. The van der Waals surface area contributed by atoms with E-state index in [1.54, 1.807) is 12.1 Å². The summed E-state index contributed by atoms with van der Waals surface area (Å²) >= 11 is 4.99. The second-order valence-corrected chi connectivity index (χ2v) is 6.16. The van der Waals surface area contributed by atoms with E-state index in [0.717, 1.165) is 11.1 Å². The molecule has 2 aromatic carbocycles. The van der Waals surface area contributed by atoms with Gasteiger partial charge in [-0.2, -0.15) is 26.3 Å². The number of thiocarbonyl (C=S) groups is 1. The summed E-state index contributed by atoms with van der Waals surface area (Å²) in [6, 6.07) is 6.60. The third-order valence-electron chi connectivity index (χ3n) is 3.33. The van der Waals surface area contributed by atoms with Gasteiger partial charge in [0.1, 0.15) is 0 Å². The molecule has 0 saturated carbocycles. The summed E-state index contributed by atoms with van der Waals surface area (Å²) in [4.78, 5) is 0. The van der Waals surface area contributed by atoms with Gasteiger partial charge in [-0.1, -0.05) is 6.07 Å². The van der Waals surface area contributed by atoms with E-state index in [1.165, 1.54) is 0 Å². The molecule has 2 nitrogen and oxygen atoms in total. The molecule has 0 spiro atoms. The third kappa shape index (κ3) is 5.35. The average molecular weight is 392 g/mol. The highest BCUT2D eigenvalue weighted by Gasteiger charge is 2.37. The van der Waals surface area contributed by atoms with Crippen LogP contribution in [0.3, 0.4) is 0 Å². The Hall–Kier alpha value is -2.29. The molecule has 26 heavy (non-hydrogen) atoms. The third-order valence-corrected chi connectivity index (χ3v) is 3.53. The number of nitrogens with one attached hydrogen (secondary N) is 2. The lowest BCUT2D eigenvalue weighted by atomic mass is 10.1.